The maximum atomic E-state index is 12.5. The molecule has 0 saturated heterocycles. The van der Waals surface area contributed by atoms with E-state index in [-0.39, 0.29) is 24.6 Å². The lowest BCUT2D eigenvalue weighted by atomic mass is 10.1. The van der Waals surface area contributed by atoms with Crippen LogP contribution in [0.2, 0.25) is 5.15 Å². The summed E-state index contributed by atoms with van der Waals surface area (Å²) in [5.74, 6) is 0.474. The highest BCUT2D eigenvalue weighted by molar-refractivity contribution is 9.10. The van der Waals surface area contributed by atoms with E-state index in [1.54, 1.807) is 38.2 Å². The van der Waals surface area contributed by atoms with E-state index < -0.39 is 24.3 Å². The molecule has 12 heteroatoms. The molecular weight excluding hydrogens is 556 g/mol. The van der Waals surface area contributed by atoms with Crippen LogP contribution in [0.4, 0.5) is 19.3 Å². The summed E-state index contributed by atoms with van der Waals surface area (Å²) in [6.07, 6.45) is -0.364. The third kappa shape index (κ3) is 7.79. The second-order valence-electron chi connectivity index (χ2n) is 8.41. The highest BCUT2D eigenvalue weighted by Gasteiger charge is 2.24. The summed E-state index contributed by atoms with van der Waals surface area (Å²) in [6.45, 7) is 2.62. The number of nitrogens with zero attached hydrogens (tertiary/aromatic N) is 1. The Labute approximate surface area is 213 Å². The number of ether oxygens (including phenoxy) is 2. The Morgan fingerprint density at radius 3 is 2.79 bits per heavy atom. The molecule has 0 aromatic carbocycles. The first-order valence-corrected chi connectivity index (χ1v) is 12.5. The van der Waals surface area contributed by atoms with E-state index >= 15 is 0 Å². The number of rotatable bonds is 10. The fourth-order valence-corrected chi connectivity index (χ4v) is 4.48. The van der Waals surface area contributed by atoms with Gasteiger partial charge >= 0.3 is 12.7 Å². The van der Waals surface area contributed by atoms with Crippen molar-refractivity contribution in [1.29, 1.82) is 0 Å². The van der Waals surface area contributed by atoms with Crippen LogP contribution in [-0.4, -0.2) is 35.9 Å². The Balaban J connectivity index is 1.82. The Kier molecular flexibility index (Phi) is 9.14. The van der Waals surface area contributed by atoms with Crippen molar-refractivity contribution in [3.05, 3.63) is 43.8 Å². The van der Waals surface area contributed by atoms with Crippen molar-refractivity contribution in [2.24, 2.45) is 0 Å². The molecule has 0 spiro atoms. The summed E-state index contributed by atoms with van der Waals surface area (Å²) in [5, 5.41) is 8.29. The van der Waals surface area contributed by atoms with Gasteiger partial charge < -0.3 is 24.5 Å². The van der Waals surface area contributed by atoms with Crippen LogP contribution in [0.5, 0.6) is 0 Å². The monoisotopic (exact) mass is 579 g/mol. The number of halogens is 4. The molecule has 3 heterocycles. The van der Waals surface area contributed by atoms with Crippen LogP contribution in [0, 0.1) is 0 Å². The molecule has 1 atom stereocenters. The highest BCUT2D eigenvalue weighted by Crippen LogP contribution is 2.36. The molecular formula is C22H25BrClF2N3O4S. The number of furan rings is 1. The fourth-order valence-electron chi connectivity index (χ4n) is 3.13. The van der Waals surface area contributed by atoms with E-state index in [1.807, 2.05) is 17.5 Å². The summed E-state index contributed by atoms with van der Waals surface area (Å²) >= 11 is 11.4. The third-order valence-electron chi connectivity index (χ3n) is 4.52. The number of hydrogen-bond donors (Lipinski definition) is 2. The summed E-state index contributed by atoms with van der Waals surface area (Å²) in [6, 6.07) is 5.05. The van der Waals surface area contributed by atoms with Gasteiger partial charge in [0.25, 0.3) is 0 Å². The SMILES string of the molecule is CC(C)(C)OC(=O)NC(CCOC(F)F)Cc1oc2c(NCc3cccs3)cc(Cl)nc2c1Br. The Morgan fingerprint density at radius 1 is 1.38 bits per heavy atom. The number of nitrogens with one attached hydrogen (secondary N) is 2. The predicted molar refractivity (Wildman–Crippen MR) is 132 cm³/mol. The number of aromatic nitrogens is 1. The number of carbonyl (C=O) groups is 1. The van der Waals surface area contributed by atoms with Gasteiger partial charge in [-0.05, 0) is 54.6 Å². The maximum Gasteiger partial charge on any atom is 0.407 e. The lowest BCUT2D eigenvalue weighted by Crippen LogP contribution is -2.41. The molecule has 0 aliphatic carbocycles. The highest BCUT2D eigenvalue weighted by atomic mass is 79.9. The van der Waals surface area contributed by atoms with Crippen LogP contribution < -0.4 is 10.6 Å². The van der Waals surface area contributed by atoms with Gasteiger partial charge in [-0.2, -0.15) is 8.78 Å². The van der Waals surface area contributed by atoms with Gasteiger partial charge in [-0.15, -0.1) is 11.3 Å². The summed E-state index contributed by atoms with van der Waals surface area (Å²) < 4.78 is 41.3. The van der Waals surface area contributed by atoms with Gasteiger partial charge in [0.1, 0.15) is 22.0 Å². The van der Waals surface area contributed by atoms with Gasteiger partial charge in [0.15, 0.2) is 5.58 Å². The van der Waals surface area contributed by atoms with Crippen molar-refractivity contribution in [3.63, 3.8) is 0 Å². The van der Waals surface area contributed by atoms with Crippen molar-refractivity contribution in [2.45, 2.75) is 58.4 Å². The minimum Gasteiger partial charge on any atom is -0.456 e. The number of hydrogen-bond acceptors (Lipinski definition) is 7. The summed E-state index contributed by atoms with van der Waals surface area (Å²) in [4.78, 5) is 17.8. The zero-order valence-corrected chi connectivity index (χ0v) is 22.0. The van der Waals surface area contributed by atoms with E-state index in [0.29, 0.717) is 33.6 Å². The molecule has 7 nitrogen and oxygen atoms in total. The molecule has 0 fully saturated rings. The molecule has 34 heavy (non-hydrogen) atoms. The number of pyridine rings is 1. The van der Waals surface area contributed by atoms with Crippen molar-refractivity contribution >= 4 is 61.7 Å². The molecule has 3 rings (SSSR count). The molecule has 1 amide bonds. The van der Waals surface area contributed by atoms with Crippen LogP contribution in [0.15, 0.2) is 32.5 Å². The zero-order chi connectivity index (χ0) is 24.9. The van der Waals surface area contributed by atoms with E-state index in [9.17, 15) is 13.6 Å². The van der Waals surface area contributed by atoms with Crippen molar-refractivity contribution in [3.8, 4) is 0 Å². The Hall–Kier alpha value is -1.95. The normalized spacial score (nSPS) is 12.8. The first-order chi connectivity index (χ1) is 16.0. The van der Waals surface area contributed by atoms with Gasteiger partial charge in [0.05, 0.1) is 16.8 Å². The van der Waals surface area contributed by atoms with Gasteiger partial charge in [-0.25, -0.2) is 9.78 Å². The van der Waals surface area contributed by atoms with Gasteiger partial charge in [0.2, 0.25) is 0 Å². The molecule has 0 aliphatic rings. The molecule has 3 aromatic heterocycles. The molecule has 0 aliphatic heterocycles. The second-order valence-corrected chi connectivity index (χ2v) is 10.6. The number of anilines is 1. The maximum absolute atomic E-state index is 12.5. The number of fused-ring (bicyclic) bond motifs is 1. The van der Waals surface area contributed by atoms with Crippen molar-refractivity contribution in [2.75, 3.05) is 11.9 Å². The summed E-state index contributed by atoms with van der Waals surface area (Å²) in [5.41, 5.74) is 0.949. The van der Waals surface area contributed by atoms with Gasteiger partial charge in [-0.1, -0.05) is 17.7 Å². The lowest BCUT2D eigenvalue weighted by Gasteiger charge is -2.23. The third-order valence-corrected chi connectivity index (χ3v) is 6.40. The Morgan fingerprint density at radius 2 is 2.15 bits per heavy atom. The topological polar surface area (TPSA) is 85.6 Å². The van der Waals surface area contributed by atoms with Crippen LogP contribution >= 0.6 is 38.9 Å². The first kappa shape index (κ1) is 26.7. The fraction of sp³-hybridized carbons (Fsp3) is 0.455. The summed E-state index contributed by atoms with van der Waals surface area (Å²) in [7, 11) is 0. The van der Waals surface area contributed by atoms with Crippen LogP contribution in [0.1, 0.15) is 37.8 Å². The van der Waals surface area contributed by atoms with Crippen molar-refractivity contribution < 1.29 is 27.5 Å². The van der Waals surface area contributed by atoms with Crippen LogP contribution in [-0.2, 0) is 22.4 Å². The van der Waals surface area contributed by atoms with E-state index in [1.165, 1.54) is 0 Å². The molecule has 0 bridgehead atoms. The quantitative estimate of drug-likeness (QED) is 0.252. The van der Waals surface area contributed by atoms with E-state index in [2.05, 4.69) is 36.3 Å². The number of alkyl carbamates (subject to hydrolysis) is 1. The number of alkyl halides is 2. The number of carbonyl (C=O) groups excluding carboxylic acids is 1. The molecule has 0 radical (unpaired) electrons. The van der Waals surface area contributed by atoms with Gasteiger partial charge in [0, 0.05) is 30.0 Å². The lowest BCUT2D eigenvalue weighted by molar-refractivity contribution is -0.130. The largest absolute Gasteiger partial charge is 0.456 e. The molecule has 3 aromatic rings. The second kappa shape index (κ2) is 11.7. The number of amides is 1. The average molecular weight is 581 g/mol. The number of thiophene rings is 1. The average Bonchev–Trinajstić information content (AvgIpc) is 3.33. The molecule has 2 N–H and O–H groups in total. The predicted octanol–water partition coefficient (Wildman–Crippen LogP) is 6.98. The van der Waals surface area contributed by atoms with E-state index in [0.717, 1.165) is 4.88 Å². The molecule has 0 saturated carbocycles. The molecule has 1 unspecified atom stereocenters. The van der Waals surface area contributed by atoms with Crippen LogP contribution in [0.25, 0.3) is 11.1 Å². The smallest absolute Gasteiger partial charge is 0.407 e. The minimum absolute atomic E-state index is 0.116. The zero-order valence-electron chi connectivity index (χ0n) is 18.8. The van der Waals surface area contributed by atoms with Crippen LogP contribution in [0.3, 0.4) is 0 Å². The van der Waals surface area contributed by atoms with Gasteiger partial charge in [-0.3, -0.25) is 0 Å². The molecule has 186 valence electrons. The first-order valence-electron chi connectivity index (χ1n) is 10.4. The standard InChI is InChI=1S/C22H25BrClF2N3O4S/c1-22(2,3)33-21(30)28-12(6-7-31-20(25)26)9-15-17(23)18-19(32-15)14(10-16(24)29-18)27-11-13-5-4-8-34-13/h4-5,8,10,12,20H,6-7,9,11H2,1-3H3,(H,27,29)(H,28,30). The minimum atomic E-state index is -2.90. The van der Waals surface area contributed by atoms with E-state index in [4.69, 9.17) is 20.8 Å². The Bertz CT molecular complexity index is 1110. The van der Waals surface area contributed by atoms with Crippen molar-refractivity contribution in [1.82, 2.24) is 10.3 Å².